The molecule has 0 atom stereocenters. The minimum atomic E-state index is -3.90. The number of hydrogen-bond donors (Lipinski definition) is 2. The standard InChI is InChI=1S/C22H24N4O5S/c1-15-9-11-17(12-10-15)14-32(29,30)25-22-24-18(20(27)23-2)19(21(28)26(22)3)31-13-16-7-5-4-6-8-16/h4-12H,13-14H2,1-3H3,(H,23,27)(H,24,25). The molecule has 0 bridgehead atoms. The first-order valence-electron chi connectivity index (χ1n) is 9.76. The summed E-state index contributed by atoms with van der Waals surface area (Å²) < 4.78 is 34.2. The number of rotatable bonds is 8. The summed E-state index contributed by atoms with van der Waals surface area (Å²) in [5.41, 5.74) is 1.37. The fourth-order valence-corrected chi connectivity index (χ4v) is 4.05. The van der Waals surface area contributed by atoms with Gasteiger partial charge in [0.25, 0.3) is 11.5 Å². The van der Waals surface area contributed by atoms with Crippen molar-refractivity contribution >= 4 is 21.9 Å². The van der Waals surface area contributed by atoms with E-state index in [2.05, 4.69) is 15.0 Å². The lowest BCUT2D eigenvalue weighted by molar-refractivity contribution is 0.0952. The molecule has 32 heavy (non-hydrogen) atoms. The predicted octanol–water partition coefficient (Wildman–Crippen LogP) is 1.97. The number of carbonyl (C=O) groups is 1. The van der Waals surface area contributed by atoms with Gasteiger partial charge in [-0.2, -0.15) is 0 Å². The van der Waals surface area contributed by atoms with Crippen LogP contribution in [0.4, 0.5) is 5.95 Å². The van der Waals surface area contributed by atoms with E-state index in [9.17, 15) is 18.0 Å². The van der Waals surface area contributed by atoms with Crippen LogP contribution in [0.15, 0.2) is 59.4 Å². The Hall–Kier alpha value is -3.66. The second-order valence-electron chi connectivity index (χ2n) is 7.18. The van der Waals surface area contributed by atoms with Gasteiger partial charge >= 0.3 is 0 Å². The summed E-state index contributed by atoms with van der Waals surface area (Å²) in [7, 11) is -1.17. The molecule has 2 aromatic carbocycles. The Kier molecular flexibility index (Phi) is 6.94. The second kappa shape index (κ2) is 9.65. The molecular weight excluding hydrogens is 432 g/mol. The number of carbonyl (C=O) groups excluding carboxylic acids is 1. The van der Waals surface area contributed by atoms with Gasteiger partial charge in [0, 0.05) is 14.1 Å². The maximum absolute atomic E-state index is 12.9. The Balaban J connectivity index is 1.92. The maximum Gasteiger partial charge on any atom is 0.297 e. The highest BCUT2D eigenvalue weighted by molar-refractivity contribution is 7.91. The van der Waals surface area contributed by atoms with Crippen LogP contribution >= 0.6 is 0 Å². The Bertz CT molecular complexity index is 1270. The number of hydrogen-bond acceptors (Lipinski definition) is 6. The summed E-state index contributed by atoms with van der Waals surface area (Å²) in [6, 6.07) is 16.1. The molecule has 0 saturated heterocycles. The van der Waals surface area contributed by atoms with E-state index in [0.29, 0.717) is 5.56 Å². The van der Waals surface area contributed by atoms with Crippen molar-refractivity contribution in [3.63, 3.8) is 0 Å². The zero-order chi connectivity index (χ0) is 23.3. The van der Waals surface area contributed by atoms with Crippen molar-refractivity contribution < 1.29 is 17.9 Å². The number of nitrogens with zero attached hydrogens (tertiary/aromatic N) is 2. The number of nitrogens with one attached hydrogen (secondary N) is 2. The quantitative estimate of drug-likeness (QED) is 0.535. The van der Waals surface area contributed by atoms with Crippen molar-refractivity contribution in [1.29, 1.82) is 0 Å². The molecule has 3 aromatic rings. The maximum atomic E-state index is 12.9. The van der Waals surface area contributed by atoms with Crippen LogP contribution in [0.3, 0.4) is 0 Å². The van der Waals surface area contributed by atoms with Crippen LogP contribution in [-0.4, -0.2) is 30.9 Å². The van der Waals surface area contributed by atoms with Gasteiger partial charge in [-0.1, -0.05) is 60.2 Å². The van der Waals surface area contributed by atoms with Crippen LogP contribution in [0.25, 0.3) is 0 Å². The molecule has 2 N–H and O–H groups in total. The van der Waals surface area contributed by atoms with E-state index in [4.69, 9.17) is 4.74 Å². The molecule has 0 aliphatic heterocycles. The number of benzene rings is 2. The molecule has 0 spiro atoms. The molecule has 9 nitrogen and oxygen atoms in total. The van der Waals surface area contributed by atoms with Gasteiger partial charge in [-0.15, -0.1) is 0 Å². The largest absolute Gasteiger partial charge is 0.481 e. The molecule has 0 unspecified atom stereocenters. The number of ether oxygens (including phenoxy) is 1. The molecule has 0 aliphatic carbocycles. The van der Waals surface area contributed by atoms with Crippen molar-refractivity contribution in [3.8, 4) is 5.75 Å². The first-order chi connectivity index (χ1) is 15.2. The van der Waals surface area contributed by atoms with Crippen LogP contribution in [0.2, 0.25) is 0 Å². The van der Waals surface area contributed by atoms with Crippen molar-refractivity contribution in [1.82, 2.24) is 14.9 Å². The van der Waals surface area contributed by atoms with Gasteiger partial charge in [-0.25, -0.2) is 13.4 Å². The third-order valence-electron chi connectivity index (χ3n) is 4.64. The fraction of sp³-hybridized carbons (Fsp3) is 0.227. The van der Waals surface area contributed by atoms with Gasteiger partial charge in [0.2, 0.25) is 21.7 Å². The van der Waals surface area contributed by atoms with Gasteiger partial charge < -0.3 is 10.1 Å². The lowest BCUT2D eigenvalue weighted by Gasteiger charge is -2.15. The zero-order valence-electron chi connectivity index (χ0n) is 18.0. The van der Waals surface area contributed by atoms with Crippen LogP contribution in [0, 0.1) is 6.92 Å². The van der Waals surface area contributed by atoms with Crippen LogP contribution in [0.1, 0.15) is 27.2 Å². The highest BCUT2D eigenvalue weighted by Crippen LogP contribution is 2.17. The van der Waals surface area contributed by atoms with E-state index < -0.39 is 21.5 Å². The van der Waals surface area contributed by atoms with Gasteiger partial charge in [0.15, 0.2) is 5.69 Å². The molecule has 0 aliphatic rings. The van der Waals surface area contributed by atoms with Crippen LogP contribution < -0.4 is 20.3 Å². The number of sulfonamides is 1. The summed E-state index contributed by atoms with van der Waals surface area (Å²) in [6.07, 6.45) is 0. The van der Waals surface area contributed by atoms with Gasteiger partial charge in [-0.05, 0) is 18.1 Å². The number of aromatic nitrogens is 2. The minimum absolute atomic E-state index is 0.0419. The molecular formula is C22H24N4O5S. The number of aryl methyl sites for hydroxylation is 1. The topological polar surface area (TPSA) is 119 Å². The smallest absolute Gasteiger partial charge is 0.297 e. The van der Waals surface area contributed by atoms with Gasteiger partial charge in [-0.3, -0.25) is 18.9 Å². The number of amides is 1. The molecule has 0 saturated carbocycles. The Morgan fingerprint density at radius 2 is 1.72 bits per heavy atom. The molecule has 1 amide bonds. The SMILES string of the molecule is CNC(=O)c1nc(NS(=O)(=O)Cc2ccc(C)cc2)n(C)c(=O)c1OCc1ccccc1. The lowest BCUT2D eigenvalue weighted by atomic mass is 10.2. The molecule has 168 valence electrons. The second-order valence-corrected chi connectivity index (χ2v) is 8.90. The van der Waals surface area contributed by atoms with Crippen molar-refractivity contribution in [2.24, 2.45) is 7.05 Å². The van der Waals surface area contributed by atoms with Crippen molar-refractivity contribution in [2.45, 2.75) is 19.3 Å². The molecule has 0 fully saturated rings. The third-order valence-corrected chi connectivity index (χ3v) is 5.85. The summed E-state index contributed by atoms with van der Waals surface area (Å²) >= 11 is 0. The molecule has 10 heteroatoms. The van der Waals surface area contributed by atoms with E-state index in [-0.39, 0.29) is 29.8 Å². The molecule has 3 rings (SSSR count). The van der Waals surface area contributed by atoms with Crippen molar-refractivity contribution in [3.05, 3.63) is 87.3 Å². The summed E-state index contributed by atoms with van der Waals surface area (Å²) in [5, 5.41) is 2.39. The van der Waals surface area contributed by atoms with E-state index in [1.165, 1.54) is 14.1 Å². The van der Waals surface area contributed by atoms with E-state index in [1.54, 1.807) is 24.3 Å². The monoisotopic (exact) mass is 456 g/mol. The van der Waals surface area contributed by atoms with E-state index >= 15 is 0 Å². The summed E-state index contributed by atoms with van der Waals surface area (Å²) in [6.45, 7) is 1.94. The highest BCUT2D eigenvalue weighted by Gasteiger charge is 2.24. The third kappa shape index (κ3) is 5.52. The zero-order valence-corrected chi connectivity index (χ0v) is 18.8. The Labute approximate surface area is 186 Å². The van der Waals surface area contributed by atoms with Crippen LogP contribution in [-0.2, 0) is 29.4 Å². The minimum Gasteiger partial charge on any atom is -0.481 e. The average molecular weight is 457 g/mol. The van der Waals surface area contributed by atoms with Gasteiger partial charge in [0.05, 0.1) is 5.75 Å². The number of anilines is 1. The van der Waals surface area contributed by atoms with Crippen molar-refractivity contribution in [2.75, 3.05) is 11.8 Å². The highest BCUT2D eigenvalue weighted by atomic mass is 32.2. The van der Waals surface area contributed by atoms with Crippen LogP contribution in [0.5, 0.6) is 5.75 Å². The lowest BCUT2D eigenvalue weighted by Crippen LogP contribution is -2.31. The molecule has 1 heterocycles. The van der Waals surface area contributed by atoms with E-state index in [0.717, 1.165) is 15.7 Å². The first-order valence-corrected chi connectivity index (χ1v) is 11.4. The van der Waals surface area contributed by atoms with E-state index in [1.807, 2.05) is 37.3 Å². The normalized spacial score (nSPS) is 11.1. The first kappa shape index (κ1) is 23.0. The Morgan fingerprint density at radius 3 is 2.34 bits per heavy atom. The molecule has 1 aromatic heterocycles. The Morgan fingerprint density at radius 1 is 1.06 bits per heavy atom. The fourth-order valence-electron chi connectivity index (χ4n) is 2.88. The summed E-state index contributed by atoms with van der Waals surface area (Å²) in [5.74, 6) is -1.54. The molecule has 0 radical (unpaired) electrons. The average Bonchev–Trinajstić information content (AvgIpc) is 2.77. The summed E-state index contributed by atoms with van der Waals surface area (Å²) in [4.78, 5) is 29.4. The predicted molar refractivity (Wildman–Crippen MR) is 121 cm³/mol. The van der Waals surface area contributed by atoms with Gasteiger partial charge in [0.1, 0.15) is 6.61 Å².